The summed E-state index contributed by atoms with van der Waals surface area (Å²) < 4.78 is 2.03. The normalized spacial score (nSPS) is 14.9. The molecule has 1 rings (SSSR count). The van der Waals surface area contributed by atoms with Gasteiger partial charge >= 0.3 is 0 Å². The van der Waals surface area contributed by atoms with Crippen LogP contribution in [-0.2, 0) is 6.54 Å². The van der Waals surface area contributed by atoms with Gasteiger partial charge < -0.3 is 10.4 Å². The van der Waals surface area contributed by atoms with E-state index in [4.69, 9.17) is 0 Å². The molecule has 2 atom stereocenters. The third-order valence-electron chi connectivity index (χ3n) is 3.37. The Hall–Kier alpha value is -0.870. The van der Waals surface area contributed by atoms with Crippen molar-refractivity contribution < 1.29 is 5.11 Å². The summed E-state index contributed by atoms with van der Waals surface area (Å²) in [7, 11) is 0. The van der Waals surface area contributed by atoms with Gasteiger partial charge in [-0.3, -0.25) is 4.68 Å². The molecule has 4 heteroatoms. The SMILES string of the molecule is CC[C@@H](CO)NC(C)c1c(C)nn(CC)c1C. The van der Waals surface area contributed by atoms with E-state index in [1.54, 1.807) is 0 Å². The molecular formula is C13H25N3O. The van der Waals surface area contributed by atoms with Crippen LogP contribution in [-0.4, -0.2) is 27.5 Å². The Morgan fingerprint density at radius 3 is 2.41 bits per heavy atom. The molecule has 0 aliphatic carbocycles. The van der Waals surface area contributed by atoms with Gasteiger partial charge in [-0.15, -0.1) is 0 Å². The largest absolute Gasteiger partial charge is 0.395 e. The molecule has 4 nitrogen and oxygen atoms in total. The summed E-state index contributed by atoms with van der Waals surface area (Å²) >= 11 is 0. The van der Waals surface area contributed by atoms with Crippen molar-refractivity contribution in [2.75, 3.05) is 6.61 Å². The smallest absolute Gasteiger partial charge is 0.0644 e. The molecule has 0 saturated heterocycles. The fraction of sp³-hybridized carbons (Fsp3) is 0.769. The predicted octanol–water partition coefficient (Wildman–Crippen LogP) is 1.94. The van der Waals surface area contributed by atoms with Crippen LogP contribution in [0.25, 0.3) is 0 Å². The molecular weight excluding hydrogens is 214 g/mol. The van der Waals surface area contributed by atoms with Crippen molar-refractivity contribution in [1.82, 2.24) is 15.1 Å². The zero-order valence-corrected chi connectivity index (χ0v) is 11.6. The Bertz CT molecular complexity index is 356. The minimum Gasteiger partial charge on any atom is -0.395 e. The molecule has 1 heterocycles. The van der Waals surface area contributed by atoms with Gasteiger partial charge in [-0.25, -0.2) is 0 Å². The highest BCUT2D eigenvalue weighted by Gasteiger charge is 2.18. The maximum atomic E-state index is 9.23. The topological polar surface area (TPSA) is 50.1 Å². The van der Waals surface area contributed by atoms with Gasteiger partial charge in [-0.1, -0.05) is 6.92 Å². The first-order valence-corrected chi connectivity index (χ1v) is 6.45. The lowest BCUT2D eigenvalue weighted by Gasteiger charge is -2.21. The summed E-state index contributed by atoms with van der Waals surface area (Å²) in [4.78, 5) is 0. The highest BCUT2D eigenvalue weighted by molar-refractivity contribution is 5.27. The second-order valence-electron chi connectivity index (χ2n) is 4.58. The lowest BCUT2D eigenvalue weighted by atomic mass is 10.0. The third-order valence-corrected chi connectivity index (χ3v) is 3.37. The number of aliphatic hydroxyl groups is 1. The van der Waals surface area contributed by atoms with E-state index < -0.39 is 0 Å². The number of aryl methyl sites for hydroxylation is 2. The highest BCUT2D eigenvalue weighted by Crippen LogP contribution is 2.21. The van der Waals surface area contributed by atoms with Crippen molar-refractivity contribution in [2.45, 2.75) is 59.7 Å². The lowest BCUT2D eigenvalue weighted by Crippen LogP contribution is -2.34. The Labute approximate surface area is 104 Å². The van der Waals surface area contributed by atoms with Crippen LogP contribution in [0.4, 0.5) is 0 Å². The van der Waals surface area contributed by atoms with Gasteiger partial charge in [0.05, 0.1) is 12.3 Å². The van der Waals surface area contributed by atoms with E-state index in [1.165, 1.54) is 11.3 Å². The van der Waals surface area contributed by atoms with Gasteiger partial charge in [-0.05, 0) is 34.1 Å². The van der Waals surface area contributed by atoms with Crippen molar-refractivity contribution in [2.24, 2.45) is 0 Å². The van der Waals surface area contributed by atoms with Gasteiger partial charge in [0.2, 0.25) is 0 Å². The quantitative estimate of drug-likeness (QED) is 0.797. The van der Waals surface area contributed by atoms with Crippen molar-refractivity contribution >= 4 is 0 Å². The van der Waals surface area contributed by atoms with Crippen molar-refractivity contribution in [3.05, 3.63) is 17.0 Å². The Kier molecular flexibility index (Phi) is 5.15. The molecule has 0 bridgehead atoms. The number of nitrogens with one attached hydrogen (secondary N) is 1. The van der Waals surface area contributed by atoms with Gasteiger partial charge in [0.1, 0.15) is 0 Å². The fourth-order valence-electron chi connectivity index (χ4n) is 2.38. The van der Waals surface area contributed by atoms with Crippen molar-refractivity contribution in [3.63, 3.8) is 0 Å². The molecule has 1 aromatic rings. The predicted molar refractivity (Wildman–Crippen MR) is 70.1 cm³/mol. The Balaban J connectivity index is 2.88. The van der Waals surface area contributed by atoms with Crippen LogP contribution in [0.5, 0.6) is 0 Å². The van der Waals surface area contributed by atoms with Gasteiger partial charge in [0.15, 0.2) is 0 Å². The molecule has 0 aliphatic rings. The zero-order chi connectivity index (χ0) is 13.0. The molecule has 0 radical (unpaired) electrons. The van der Waals surface area contributed by atoms with E-state index >= 15 is 0 Å². The van der Waals surface area contributed by atoms with Crippen LogP contribution >= 0.6 is 0 Å². The molecule has 0 fully saturated rings. The number of hydrogen-bond acceptors (Lipinski definition) is 3. The first-order valence-electron chi connectivity index (χ1n) is 6.45. The minimum absolute atomic E-state index is 0.161. The number of aliphatic hydroxyl groups excluding tert-OH is 1. The van der Waals surface area contributed by atoms with E-state index in [2.05, 4.69) is 38.1 Å². The van der Waals surface area contributed by atoms with Gasteiger partial charge in [0.25, 0.3) is 0 Å². The highest BCUT2D eigenvalue weighted by atomic mass is 16.3. The van der Waals surface area contributed by atoms with E-state index in [0.717, 1.165) is 18.7 Å². The maximum absolute atomic E-state index is 9.23. The van der Waals surface area contributed by atoms with Gasteiger partial charge in [-0.2, -0.15) is 5.10 Å². The molecule has 0 saturated carbocycles. The minimum atomic E-state index is 0.161. The summed E-state index contributed by atoms with van der Waals surface area (Å²) in [5, 5.41) is 17.2. The van der Waals surface area contributed by atoms with Crippen LogP contribution in [0, 0.1) is 13.8 Å². The molecule has 0 spiro atoms. The van der Waals surface area contributed by atoms with E-state index in [0.29, 0.717) is 0 Å². The van der Waals surface area contributed by atoms with Crippen molar-refractivity contribution in [3.8, 4) is 0 Å². The molecule has 1 aromatic heterocycles. The first-order chi connectivity index (χ1) is 8.04. The van der Waals surface area contributed by atoms with Crippen LogP contribution in [0.2, 0.25) is 0 Å². The fourth-order valence-corrected chi connectivity index (χ4v) is 2.38. The Morgan fingerprint density at radius 1 is 1.35 bits per heavy atom. The number of aromatic nitrogens is 2. The van der Waals surface area contributed by atoms with Crippen LogP contribution in [0.15, 0.2) is 0 Å². The molecule has 0 aromatic carbocycles. The molecule has 0 aliphatic heterocycles. The van der Waals surface area contributed by atoms with E-state index in [1.807, 2.05) is 11.6 Å². The average Bonchev–Trinajstić information content (AvgIpc) is 2.60. The first kappa shape index (κ1) is 14.2. The van der Waals surface area contributed by atoms with Crippen LogP contribution < -0.4 is 5.32 Å². The average molecular weight is 239 g/mol. The summed E-state index contributed by atoms with van der Waals surface area (Å²) in [5.41, 5.74) is 3.56. The van der Waals surface area contributed by atoms with E-state index in [-0.39, 0.29) is 18.7 Å². The molecule has 1 unspecified atom stereocenters. The van der Waals surface area contributed by atoms with Crippen LogP contribution in [0.3, 0.4) is 0 Å². The summed E-state index contributed by atoms with van der Waals surface area (Å²) in [5.74, 6) is 0. The molecule has 0 amide bonds. The van der Waals surface area contributed by atoms with E-state index in [9.17, 15) is 5.11 Å². The second-order valence-corrected chi connectivity index (χ2v) is 4.58. The second kappa shape index (κ2) is 6.17. The third kappa shape index (κ3) is 3.07. The lowest BCUT2D eigenvalue weighted by molar-refractivity contribution is 0.230. The van der Waals surface area contributed by atoms with Crippen LogP contribution in [0.1, 0.15) is 50.2 Å². The number of nitrogens with zero attached hydrogens (tertiary/aromatic N) is 2. The number of hydrogen-bond donors (Lipinski definition) is 2. The zero-order valence-electron chi connectivity index (χ0n) is 11.6. The monoisotopic (exact) mass is 239 g/mol. The molecule has 2 N–H and O–H groups in total. The van der Waals surface area contributed by atoms with Crippen molar-refractivity contribution in [1.29, 1.82) is 0 Å². The van der Waals surface area contributed by atoms with Gasteiger partial charge in [0, 0.05) is 29.9 Å². The molecule has 17 heavy (non-hydrogen) atoms. The standard InChI is InChI=1S/C13H25N3O/c1-6-12(8-17)14-9(3)13-10(4)15-16(7-2)11(13)5/h9,12,14,17H,6-8H2,1-5H3/t9?,12-/m0/s1. The maximum Gasteiger partial charge on any atom is 0.0644 e. The number of rotatable bonds is 6. The summed E-state index contributed by atoms with van der Waals surface area (Å²) in [6.45, 7) is 11.6. The summed E-state index contributed by atoms with van der Waals surface area (Å²) in [6, 6.07) is 0.390. The Morgan fingerprint density at radius 2 is 2.00 bits per heavy atom. The summed E-state index contributed by atoms with van der Waals surface area (Å²) in [6.07, 6.45) is 0.931. The molecule has 98 valence electrons.